The Morgan fingerprint density at radius 1 is 0.882 bits per heavy atom. The first-order valence-electron chi connectivity index (χ1n) is 5.44. The van der Waals surface area contributed by atoms with E-state index in [1.165, 1.54) is 5.56 Å². The fourth-order valence-corrected chi connectivity index (χ4v) is 2.16. The standard InChI is InChI=1S/C15H10ClN/c16-12-6-7-15-14(10-12)13(8-9-17-15)11-4-2-1-3-5-11/h1-10H. The first-order chi connectivity index (χ1) is 8.34. The average Bonchev–Trinajstić information content (AvgIpc) is 2.39. The second kappa shape index (κ2) is 4.19. The monoisotopic (exact) mass is 239 g/mol. The van der Waals surface area contributed by atoms with Crippen LogP contribution in [0.5, 0.6) is 0 Å². The van der Waals surface area contributed by atoms with Crippen LogP contribution in [0.4, 0.5) is 0 Å². The Hall–Kier alpha value is -1.86. The van der Waals surface area contributed by atoms with Gasteiger partial charge in [-0.15, -0.1) is 0 Å². The van der Waals surface area contributed by atoms with Crippen LogP contribution in [-0.2, 0) is 0 Å². The lowest BCUT2D eigenvalue weighted by atomic mass is 10.0. The van der Waals surface area contributed by atoms with Gasteiger partial charge in [0, 0.05) is 16.6 Å². The van der Waals surface area contributed by atoms with Crippen molar-refractivity contribution < 1.29 is 0 Å². The van der Waals surface area contributed by atoms with Gasteiger partial charge in [0.25, 0.3) is 0 Å². The first kappa shape index (κ1) is 10.3. The lowest BCUT2D eigenvalue weighted by Gasteiger charge is -2.06. The van der Waals surface area contributed by atoms with E-state index in [4.69, 9.17) is 11.6 Å². The van der Waals surface area contributed by atoms with E-state index in [-0.39, 0.29) is 0 Å². The summed E-state index contributed by atoms with van der Waals surface area (Å²) in [5.74, 6) is 0. The lowest BCUT2D eigenvalue weighted by molar-refractivity contribution is 1.41. The van der Waals surface area contributed by atoms with E-state index in [2.05, 4.69) is 17.1 Å². The van der Waals surface area contributed by atoms with Crippen LogP contribution in [0, 0.1) is 0 Å². The zero-order valence-electron chi connectivity index (χ0n) is 9.10. The molecule has 0 aliphatic heterocycles. The third-order valence-electron chi connectivity index (χ3n) is 2.79. The summed E-state index contributed by atoms with van der Waals surface area (Å²) in [6, 6.07) is 18.1. The SMILES string of the molecule is Clc1ccc2nccc(-c3ccccc3)c2c1. The quantitative estimate of drug-likeness (QED) is 0.607. The number of hydrogen-bond acceptors (Lipinski definition) is 1. The molecule has 82 valence electrons. The highest BCUT2D eigenvalue weighted by Crippen LogP contribution is 2.28. The Kier molecular flexibility index (Phi) is 2.54. The van der Waals surface area contributed by atoms with Crippen LogP contribution < -0.4 is 0 Å². The van der Waals surface area contributed by atoms with Crippen molar-refractivity contribution in [3.05, 3.63) is 65.8 Å². The van der Waals surface area contributed by atoms with Crippen LogP contribution in [0.2, 0.25) is 5.02 Å². The molecule has 3 aromatic rings. The van der Waals surface area contributed by atoms with Crippen LogP contribution in [-0.4, -0.2) is 4.98 Å². The minimum Gasteiger partial charge on any atom is -0.256 e. The fraction of sp³-hybridized carbons (Fsp3) is 0. The molecule has 17 heavy (non-hydrogen) atoms. The van der Waals surface area contributed by atoms with Gasteiger partial charge in [-0.1, -0.05) is 41.9 Å². The molecule has 1 nitrogen and oxygen atoms in total. The van der Waals surface area contributed by atoms with Crippen molar-refractivity contribution in [2.24, 2.45) is 0 Å². The molecule has 0 saturated carbocycles. The molecule has 0 atom stereocenters. The molecular formula is C15H10ClN. The smallest absolute Gasteiger partial charge is 0.0709 e. The normalized spacial score (nSPS) is 10.6. The van der Waals surface area contributed by atoms with Gasteiger partial charge in [0.15, 0.2) is 0 Å². The van der Waals surface area contributed by atoms with Crippen LogP contribution >= 0.6 is 11.6 Å². The molecule has 0 saturated heterocycles. The molecule has 1 heterocycles. The van der Waals surface area contributed by atoms with Gasteiger partial charge in [-0.25, -0.2) is 0 Å². The molecule has 0 aliphatic carbocycles. The number of halogens is 1. The number of pyridine rings is 1. The van der Waals surface area contributed by atoms with Crippen molar-refractivity contribution in [3.8, 4) is 11.1 Å². The number of hydrogen-bond donors (Lipinski definition) is 0. The molecular weight excluding hydrogens is 230 g/mol. The van der Waals surface area contributed by atoms with E-state index in [0.29, 0.717) is 0 Å². The zero-order valence-corrected chi connectivity index (χ0v) is 9.85. The second-order valence-corrected chi connectivity index (χ2v) is 4.32. The molecule has 0 spiro atoms. The van der Waals surface area contributed by atoms with Crippen molar-refractivity contribution >= 4 is 22.5 Å². The molecule has 3 rings (SSSR count). The molecule has 0 fully saturated rings. The molecule has 0 N–H and O–H groups in total. The predicted octanol–water partition coefficient (Wildman–Crippen LogP) is 4.56. The first-order valence-corrected chi connectivity index (χ1v) is 5.82. The van der Waals surface area contributed by atoms with E-state index in [9.17, 15) is 0 Å². The summed E-state index contributed by atoms with van der Waals surface area (Å²) in [6.45, 7) is 0. The maximum Gasteiger partial charge on any atom is 0.0709 e. The lowest BCUT2D eigenvalue weighted by Crippen LogP contribution is -1.83. The average molecular weight is 240 g/mol. The number of benzene rings is 2. The van der Waals surface area contributed by atoms with Gasteiger partial charge in [-0.3, -0.25) is 4.98 Å². The van der Waals surface area contributed by atoms with Gasteiger partial charge in [-0.05, 0) is 35.4 Å². The van der Waals surface area contributed by atoms with Gasteiger partial charge < -0.3 is 0 Å². The highest BCUT2D eigenvalue weighted by molar-refractivity contribution is 6.31. The molecule has 0 unspecified atom stereocenters. The Morgan fingerprint density at radius 2 is 1.71 bits per heavy atom. The third-order valence-corrected chi connectivity index (χ3v) is 3.02. The van der Waals surface area contributed by atoms with Crippen molar-refractivity contribution in [2.45, 2.75) is 0 Å². The van der Waals surface area contributed by atoms with Crippen LogP contribution in [0.3, 0.4) is 0 Å². The molecule has 2 heteroatoms. The van der Waals surface area contributed by atoms with Crippen LogP contribution in [0.25, 0.3) is 22.0 Å². The van der Waals surface area contributed by atoms with Gasteiger partial charge >= 0.3 is 0 Å². The van der Waals surface area contributed by atoms with E-state index in [0.717, 1.165) is 21.5 Å². The Balaban J connectivity index is 2.33. The summed E-state index contributed by atoms with van der Waals surface area (Å²) in [7, 11) is 0. The second-order valence-electron chi connectivity index (χ2n) is 3.89. The maximum absolute atomic E-state index is 6.05. The summed E-state index contributed by atoms with van der Waals surface area (Å²) < 4.78 is 0. The van der Waals surface area contributed by atoms with Gasteiger partial charge in [0.1, 0.15) is 0 Å². The molecule has 0 bridgehead atoms. The summed E-state index contributed by atoms with van der Waals surface area (Å²) in [5.41, 5.74) is 3.32. The van der Waals surface area contributed by atoms with E-state index < -0.39 is 0 Å². The fourth-order valence-electron chi connectivity index (χ4n) is 1.99. The van der Waals surface area contributed by atoms with Gasteiger partial charge in [-0.2, -0.15) is 0 Å². The Labute approximate surface area is 105 Å². The number of aromatic nitrogens is 1. The molecule has 2 aromatic carbocycles. The van der Waals surface area contributed by atoms with Crippen LogP contribution in [0.1, 0.15) is 0 Å². The maximum atomic E-state index is 6.05. The predicted molar refractivity (Wildman–Crippen MR) is 72.2 cm³/mol. The van der Waals surface area contributed by atoms with Gasteiger partial charge in [0.2, 0.25) is 0 Å². The highest BCUT2D eigenvalue weighted by atomic mass is 35.5. The third kappa shape index (κ3) is 1.90. The minimum atomic E-state index is 0.739. The largest absolute Gasteiger partial charge is 0.256 e. The minimum absolute atomic E-state index is 0.739. The van der Waals surface area contributed by atoms with E-state index >= 15 is 0 Å². The number of nitrogens with zero attached hydrogens (tertiary/aromatic N) is 1. The summed E-state index contributed by atoms with van der Waals surface area (Å²) in [6.07, 6.45) is 1.83. The van der Waals surface area contributed by atoms with Crippen molar-refractivity contribution in [2.75, 3.05) is 0 Å². The van der Waals surface area contributed by atoms with Gasteiger partial charge in [0.05, 0.1) is 5.52 Å². The topological polar surface area (TPSA) is 12.9 Å². The van der Waals surface area contributed by atoms with E-state index in [1.807, 2.05) is 48.7 Å². The Bertz CT molecular complexity index is 662. The zero-order chi connectivity index (χ0) is 11.7. The molecule has 0 amide bonds. The molecule has 1 aromatic heterocycles. The number of rotatable bonds is 1. The van der Waals surface area contributed by atoms with Crippen molar-refractivity contribution in [1.29, 1.82) is 0 Å². The molecule has 0 aliphatic rings. The van der Waals surface area contributed by atoms with Crippen molar-refractivity contribution in [1.82, 2.24) is 4.98 Å². The van der Waals surface area contributed by atoms with Crippen LogP contribution in [0.15, 0.2) is 60.8 Å². The highest BCUT2D eigenvalue weighted by Gasteiger charge is 2.04. The summed E-state index contributed by atoms with van der Waals surface area (Å²) >= 11 is 6.05. The Morgan fingerprint density at radius 3 is 2.53 bits per heavy atom. The van der Waals surface area contributed by atoms with Crippen molar-refractivity contribution in [3.63, 3.8) is 0 Å². The summed E-state index contributed by atoms with van der Waals surface area (Å²) in [5, 5.41) is 1.83. The van der Waals surface area contributed by atoms with E-state index in [1.54, 1.807) is 0 Å². The molecule has 0 radical (unpaired) electrons. The summed E-state index contributed by atoms with van der Waals surface area (Å²) in [4.78, 5) is 4.35. The number of fused-ring (bicyclic) bond motifs is 1.